The largest absolute Gasteiger partial charge is 0.339 e. The van der Waals surface area contributed by atoms with Crippen molar-refractivity contribution in [2.45, 2.75) is 83.2 Å². The van der Waals surface area contributed by atoms with Gasteiger partial charge in [0, 0.05) is 34.9 Å². The Morgan fingerprint density at radius 3 is 2.78 bits per heavy atom. The van der Waals surface area contributed by atoms with E-state index in [1.54, 1.807) is 11.9 Å². The Bertz CT molecular complexity index is 988. The third-order valence-electron chi connectivity index (χ3n) is 7.06. The van der Waals surface area contributed by atoms with Crippen LogP contribution < -0.4 is 10.0 Å². The summed E-state index contributed by atoms with van der Waals surface area (Å²) in [5.41, 5.74) is 3.05. The number of halogens is 2. The molecule has 174 valence electrons. The molecule has 2 heterocycles. The smallest absolute Gasteiger partial charge is 0.272 e. The molecule has 4 rings (SSSR count). The fraction of sp³-hybridized carbons (Fsp3) is 0.560. The minimum absolute atomic E-state index is 0.258. The second kappa shape index (κ2) is 9.96. The Morgan fingerprint density at radius 1 is 1.22 bits per heavy atom. The molecule has 3 unspecified atom stereocenters. The number of benzene rings is 1. The van der Waals surface area contributed by atoms with E-state index in [0.717, 1.165) is 48.4 Å². The number of carbonyl (C=O) groups excluding carboxylic acids is 1. The highest BCUT2D eigenvalue weighted by molar-refractivity contribution is 7.97. The van der Waals surface area contributed by atoms with Gasteiger partial charge >= 0.3 is 0 Å². The van der Waals surface area contributed by atoms with Crippen molar-refractivity contribution in [1.82, 2.24) is 9.29 Å². The SMILES string of the molecule is CCCC1CCC(C)C1NSc1c(C)c(C(=O)Nc2ccc(F)c(F)c2)n2c1CCCC2. The molecule has 3 atom stereocenters. The van der Waals surface area contributed by atoms with E-state index in [2.05, 4.69) is 28.5 Å². The number of hydrogen-bond acceptors (Lipinski definition) is 3. The third-order valence-corrected chi connectivity index (χ3v) is 8.20. The van der Waals surface area contributed by atoms with Crippen molar-refractivity contribution in [1.29, 1.82) is 0 Å². The van der Waals surface area contributed by atoms with Gasteiger partial charge in [-0.15, -0.1) is 0 Å². The van der Waals surface area contributed by atoms with Crippen molar-refractivity contribution in [3.63, 3.8) is 0 Å². The average Bonchev–Trinajstić information content (AvgIpc) is 3.25. The molecule has 0 saturated heterocycles. The highest BCUT2D eigenvalue weighted by Crippen LogP contribution is 2.39. The summed E-state index contributed by atoms with van der Waals surface area (Å²) >= 11 is 1.68. The number of fused-ring (bicyclic) bond motifs is 1. The number of anilines is 1. The van der Waals surface area contributed by atoms with Crippen LogP contribution in [-0.4, -0.2) is 16.5 Å². The maximum absolute atomic E-state index is 13.6. The fourth-order valence-electron chi connectivity index (χ4n) is 5.37. The second-order valence-electron chi connectivity index (χ2n) is 9.29. The topological polar surface area (TPSA) is 46.1 Å². The van der Waals surface area contributed by atoms with Gasteiger partial charge in [-0.1, -0.05) is 20.3 Å². The van der Waals surface area contributed by atoms with E-state index in [0.29, 0.717) is 23.6 Å². The molecule has 1 saturated carbocycles. The first kappa shape index (κ1) is 23.3. The molecule has 7 heteroatoms. The van der Waals surface area contributed by atoms with Crippen molar-refractivity contribution in [2.75, 3.05) is 5.32 Å². The van der Waals surface area contributed by atoms with Gasteiger partial charge in [0.2, 0.25) is 0 Å². The van der Waals surface area contributed by atoms with E-state index in [9.17, 15) is 13.6 Å². The molecule has 2 aromatic rings. The minimum Gasteiger partial charge on any atom is -0.339 e. The van der Waals surface area contributed by atoms with Crippen LogP contribution in [0.3, 0.4) is 0 Å². The lowest BCUT2D eigenvalue weighted by atomic mass is 9.96. The van der Waals surface area contributed by atoms with E-state index in [4.69, 9.17) is 0 Å². The standard InChI is InChI=1S/C25H33F2N3OS/c1-4-7-17-10-9-15(2)22(17)29-32-24-16(3)23(30-13-6-5-8-21(24)30)25(31)28-18-11-12-19(26)20(27)14-18/h11-12,14-15,17,22,29H,4-10,13H2,1-3H3,(H,28,31). The zero-order valence-corrected chi connectivity index (χ0v) is 20.0. The molecular formula is C25H33F2N3OS. The summed E-state index contributed by atoms with van der Waals surface area (Å²) < 4.78 is 32.8. The van der Waals surface area contributed by atoms with Gasteiger partial charge in [-0.2, -0.15) is 0 Å². The summed E-state index contributed by atoms with van der Waals surface area (Å²) in [6, 6.07) is 3.93. The molecule has 2 N–H and O–H groups in total. The Kier molecular flexibility index (Phi) is 7.25. The monoisotopic (exact) mass is 461 g/mol. The molecule has 1 aromatic carbocycles. The van der Waals surface area contributed by atoms with E-state index in [1.807, 2.05) is 6.92 Å². The lowest BCUT2D eigenvalue weighted by Crippen LogP contribution is -2.32. The lowest BCUT2D eigenvalue weighted by Gasteiger charge is -2.24. The molecule has 1 aromatic heterocycles. The van der Waals surface area contributed by atoms with Crippen LogP contribution in [0.1, 0.15) is 74.1 Å². The summed E-state index contributed by atoms with van der Waals surface area (Å²) in [4.78, 5) is 14.3. The zero-order valence-electron chi connectivity index (χ0n) is 19.1. The van der Waals surface area contributed by atoms with E-state index >= 15 is 0 Å². The number of rotatable bonds is 7. The van der Waals surface area contributed by atoms with Crippen LogP contribution in [-0.2, 0) is 13.0 Å². The normalized spacial score (nSPS) is 22.7. The average molecular weight is 462 g/mol. The molecule has 1 aliphatic carbocycles. The first-order chi connectivity index (χ1) is 15.4. The van der Waals surface area contributed by atoms with Crippen LogP contribution >= 0.6 is 11.9 Å². The maximum atomic E-state index is 13.6. The summed E-state index contributed by atoms with van der Waals surface area (Å²) in [5.74, 6) is -0.816. The van der Waals surface area contributed by atoms with Gasteiger partial charge in [0.05, 0.1) is 0 Å². The van der Waals surface area contributed by atoms with E-state index in [-0.39, 0.29) is 11.6 Å². The summed E-state index contributed by atoms with van der Waals surface area (Å²) in [6.07, 6.45) is 8.08. The number of amides is 1. The molecule has 1 amide bonds. The predicted octanol–water partition coefficient (Wildman–Crippen LogP) is 6.47. The molecule has 4 nitrogen and oxygen atoms in total. The van der Waals surface area contributed by atoms with Gasteiger partial charge in [0.1, 0.15) is 5.69 Å². The van der Waals surface area contributed by atoms with Crippen molar-refractivity contribution in [3.05, 3.63) is 46.8 Å². The molecule has 1 fully saturated rings. The first-order valence-corrected chi connectivity index (χ1v) is 12.6. The van der Waals surface area contributed by atoms with Crippen molar-refractivity contribution >= 4 is 23.5 Å². The number of nitrogens with one attached hydrogen (secondary N) is 2. The van der Waals surface area contributed by atoms with Gasteiger partial charge < -0.3 is 9.88 Å². The second-order valence-corrected chi connectivity index (χ2v) is 10.1. The van der Waals surface area contributed by atoms with Crippen molar-refractivity contribution in [3.8, 4) is 0 Å². The zero-order chi connectivity index (χ0) is 22.8. The molecule has 0 radical (unpaired) electrons. The van der Waals surface area contributed by atoms with Gasteiger partial charge in [0.25, 0.3) is 5.91 Å². The van der Waals surface area contributed by atoms with Crippen LogP contribution in [0.25, 0.3) is 0 Å². The van der Waals surface area contributed by atoms with Gasteiger partial charge in [-0.05, 0) is 86.9 Å². The van der Waals surface area contributed by atoms with Crippen LogP contribution in [0.2, 0.25) is 0 Å². The highest BCUT2D eigenvalue weighted by atomic mass is 32.2. The van der Waals surface area contributed by atoms with Gasteiger partial charge in [0.15, 0.2) is 11.6 Å². The molecule has 2 aliphatic rings. The van der Waals surface area contributed by atoms with Crippen LogP contribution in [0.4, 0.5) is 14.5 Å². The Labute approximate surface area is 193 Å². The van der Waals surface area contributed by atoms with Gasteiger partial charge in [-0.25, -0.2) is 8.78 Å². The molecule has 32 heavy (non-hydrogen) atoms. The Morgan fingerprint density at radius 2 is 2.03 bits per heavy atom. The van der Waals surface area contributed by atoms with E-state index < -0.39 is 11.6 Å². The predicted molar refractivity (Wildman–Crippen MR) is 126 cm³/mol. The minimum atomic E-state index is -0.968. The summed E-state index contributed by atoms with van der Waals surface area (Å²) in [7, 11) is 0. The molecular weight excluding hydrogens is 428 g/mol. The lowest BCUT2D eigenvalue weighted by molar-refractivity contribution is 0.101. The summed E-state index contributed by atoms with van der Waals surface area (Å²) in [5, 5.41) is 2.76. The Balaban J connectivity index is 1.57. The Hall–Kier alpha value is -1.86. The van der Waals surface area contributed by atoms with Crippen LogP contribution in [0.15, 0.2) is 23.1 Å². The van der Waals surface area contributed by atoms with Crippen molar-refractivity contribution < 1.29 is 13.6 Å². The first-order valence-electron chi connectivity index (χ1n) is 11.8. The maximum Gasteiger partial charge on any atom is 0.272 e. The number of hydrogen-bond donors (Lipinski definition) is 2. The third kappa shape index (κ3) is 4.60. The van der Waals surface area contributed by atoms with Crippen molar-refractivity contribution in [2.24, 2.45) is 11.8 Å². The fourth-order valence-corrected chi connectivity index (χ4v) is 6.63. The quantitative estimate of drug-likeness (QED) is 0.464. The van der Waals surface area contributed by atoms with E-state index in [1.165, 1.54) is 37.4 Å². The van der Waals surface area contributed by atoms with Gasteiger partial charge in [-0.3, -0.25) is 9.52 Å². The number of nitrogens with zero attached hydrogens (tertiary/aromatic N) is 1. The molecule has 1 aliphatic heterocycles. The molecule has 0 spiro atoms. The highest BCUT2D eigenvalue weighted by Gasteiger charge is 2.34. The molecule has 0 bridgehead atoms. The van der Waals surface area contributed by atoms with Crippen LogP contribution in [0, 0.1) is 30.4 Å². The number of aromatic nitrogens is 1. The van der Waals surface area contributed by atoms with Crippen LogP contribution in [0.5, 0.6) is 0 Å². The summed E-state index contributed by atoms with van der Waals surface area (Å²) in [6.45, 7) is 7.38. The number of carbonyl (C=O) groups is 1.